The van der Waals surface area contributed by atoms with Crippen molar-refractivity contribution in [2.45, 2.75) is 13.2 Å². The van der Waals surface area contributed by atoms with Crippen molar-refractivity contribution in [3.63, 3.8) is 0 Å². The molecule has 5 heteroatoms. The minimum absolute atomic E-state index is 0.391. The number of methoxy groups -OCH3 is 2. The lowest BCUT2D eigenvalue weighted by atomic mass is 10.2. The molecule has 0 unspecified atom stereocenters. The third-order valence-electron chi connectivity index (χ3n) is 2.86. The van der Waals surface area contributed by atoms with Gasteiger partial charge in [-0.15, -0.1) is 0 Å². The molecule has 0 aliphatic heterocycles. The van der Waals surface area contributed by atoms with E-state index in [9.17, 15) is 0 Å². The molecule has 2 rings (SSSR count). The van der Waals surface area contributed by atoms with Gasteiger partial charge in [-0.25, -0.2) is 0 Å². The van der Waals surface area contributed by atoms with Crippen LogP contribution in [0.1, 0.15) is 11.1 Å². The van der Waals surface area contributed by atoms with Crippen LogP contribution in [0.4, 0.5) is 0 Å². The Morgan fingerprint density at radius 2 is 1.80 bits per heavy atom. The van der Waals surface area contributed by atoms with E-state index < -0.39 is 0 Å². The Labute approximate surface area is 118 Å². The van der Waals surface area contributed by atoms with E-state index >= 15 is 0 Å². The highest BCUT2D eigenvalue weighted by atomic mass is 16.5. The van der Waals surface area contributed by atoms with Crippen LogP contribution in [0.3, 0.4) is 0 Å². The molecule has 0 bridgehead atoms. The highest BCUT2D eigenvalue weighted by Gasteiger charge is 2.14. The van der Waals surface area contributed by atoms with Gasteiger partial charge in [0, 0.05) is 24.5 Å². The van der Waals surface area contributed by atoms with Crippen LogP contribution in [0.2, 0.25) is 0 Å². The molecular weight excluding hydrogens is 256 g/mol. The van der Waals surface area contributed by atoms with Crippen molar-refractivity contribution in [1.29, 1.82) is 0 Å². The molecule has 0 aliphatic rings. The molecule has 0 saturated carbocycles. The fourth-order valence-corrected chi connectivity index (χ4v) is 1.83. The summed E-state index contributed by atoms with van der Waals surface area (Å²) >= 11 is 0. The lowest BCUT2D eigenvalue weighted by molar-refractivity contribution is 0.265. The van der Waals surface area contributed by atoms with Crippen molar-refractivity contribution in [3.05, 3.63) is 47.8 Å². The zero-order chi connectivity index (χ0) is 14.4. The van der Waals surface area contributed by atoms with Crippen LogP contribution < -0.4 is 19.9 Å². The van der Waals surface area contributed by atoms with E-state index in [2.05, 4.69) is 4.98 Å². The highest BCUT2D eigenvalue weighted by Crippen LogP contribution is 2.38. The van der Waals surface area contributed by atoms with Crippen LogP contribution in [-0.4, -0.2) is 19.2 Å². The number of benzene rings is 1. The summed E-state index contributed by atoms with van der Waals surface area (Å²) < 4.78 is 16.5. The first kappa shape index (κ1) is 14.1. The number of hydrogen-bond acceptors (Lipinski definition) is 5. The smallest absolute Gasteiger partial charge is 0.203 e. The molecule has 5 nitrogen and oxygen atoms in total. The summed E-state index contributed by atoms with van der Waals surface area (Å²) in [6.45, 7) is 0.804. The number of hydrogen-bond donors (Lipinski definition) is 1. The first-order valence-corrected chi connectivity index (χ1v) is 6.25. The van der Waals surface area contributed by atoms with Crippen LogP contribution in [0, 0.1) is 0 Å². The van der Waals surface area contributed by atoms with Crippen LogP contribution >= 0.6 is 0 Å². The Kier molecular flexibility index (Phi) is 4.79. The quantitative estimate of drug-likeness (QED) is 0.874. The molecule has 2 aromatic rings. The average molecular weight is 274 g/mol. The number of pyridine rings is 1. The SMILES string of the molecule is COc1cc(CN)cc(OC)c1OCc1cccnc1. The number of ether oxygens (including phenoxy) is 3. The molecule has 0 amide bonds. The van der Waals surface area contributed by atoms with Gasteiger partial charge in [-0.3, -0.25) is 4.98 Å². The van der Waals surface area contributed by atoms with E-state index in [0.717, 1.165) is 11.1 Å². The topological polar surface area (TPSA) is 66.6 Å². The van der Waals surface area contributed by atoms with Gasteiger partial charge in [0.15, 0.2) is 11.5 Å². The average Bonchev–Trinajstić information content (AvgIpc) is 2.52. The maximum atomic E-state index is 5.80. The molecule has 0 fully saturated rings. The molecule has 0 atom stereocenters. The molecule has 20 heavy (non-hydrogen) atoms. The fourth-order valence-electron chi connectivity index (χ4n) is 1.83. The van der Waals surface area contributed by atoms with Crippen molar-refractivity contribution in [1.82, 2.24) is 4.98 Å². The standard InChI is InChI=1S/C15H18N2O3/c1-18-13-6-12(8-16)7-14(19-2)15(13)20-10-11-4-3-5-17-9-11/h3-7,9H,8,10,16H2,1-2H3. The van der Waals surface area contributed by atoms with E-state index in [-0.39, 0.29) is 0 Å². The molecule has 1 heterocycles. The second-order valence-electron chi connectivity index (χ2n) is 4.18. The first-order valence-electron chi connectivity index (χ1n) is 6.25. The van der Waals surface area contributed by atoms with E-state index in [1.165, 1.54) is 0 Å². The first-order chi connectivity index (χ1) is 9.78. The fraction of sp³-hybridized carbons (Fsp3) is 0.267. The Morgan fingerprint density at radius 1 is 1.10 bits per heavy atom. The van der Waals surface area contributed by atoms with Gasteiger partial charge in [-0.1, -0.05) is 6.07 Å². The summed E-state index contributed by atoms with van der Waals surface area (Å²) in [7, 11) is 3.18. The maximum absolute atomic E-state index is 5.80. The summed E-state index contributed by atoms with van der Waals surface area (Å²) in [5.74, 6) is 1.78. The van der Waals surface area contributed by atoms with Gasteiger partial charge in [0.1, 0.15) is 6.61 Å². The molecule has 1 aromatic heterocycles. The summed E-state index contributed by atoms with van der Waals surface area (Å²) in [4.78, 5) is 4.05. The number of rotatable bonds is 6. The molecule has 2 N–H and O–H groups in total. The lowest BCUT2D eigenvalue weighted by Gasteiger charge is -2.15. The van der Waals surface area contributed by atoms with Crippen molar-refractivity contribution >= 4 is 0 Å². The van der Waals surface area contributed by atoms with Crippen molar-refractivity contribution < 1.29 is 14.2 Å². The zero-order valence-corrected chi connectivity index (χ0v) is 11.6. The van der Waals surface area contributed by atoms with Gasteiger partial charge < -0.3 is 19.9 Å². The number of aromatic nitrogens is 1. The molecule has 1 aromatic carbocycles. The Morgan fingerprint density at radius 3 is 2.30 bits per heavy atom. The van der Waals surface area contributed by atoms with Gasteiger partial charge in [-0.2, -0.15) is 0 Å². The Balaban J connectivity index is 2.25. The zero-order valence-electron chi connectivity index (χ0n) is 11.6. The normalized spacial score (nSPS) is 10.2. The second-order valence-corrected chi connectivity index (χ2v) is 4.18. The van der Waals surface area contributed by atoms with E-state index in [1.54, 1.807) is 26.6 Å². The minimum atomic E-state index is 0.391. The van der Waals surface area contributed by atoms with E-state index in [4.69, 9.17) is 19.9 Å². The molecule has 0 aliphatic carbocycles. The van der Waals surface area contributed by atoms with Crippen LogP contribution in [0.25, 0.3) is 0 Å². The predicted molar refractivity (Wildman–Crippen MR) is 76.0 cm³/mol. The van der Waals surface area contributed by atoms with Crippen molar-refractivity contribution in [2.75, 3.05) is 14.2 Å². The highest BCUT2D eigenvalue weighted by molar-refractivity contribution is 5.53. The number of nitrogens with two attached hydrogens (primary N) is 1. The second kappa shape index (κ2) is 6.77. The lowest BCUT2D eigenvalue weighted by Crippen LogP contribution is -2.03. The third kappa shape index (κ3) is 3.19. The van der Waals surface area contributed by atoms with E-state index in [1.807, 2.05) is 24.3 Å². The Hall–Kier alpha value is -2.27. The predicted octanol–water partition coefficient (Wildman–Crippen LogP) is 2.14. The summed E-state index contributed by atoms with van der Waals surface area (Å²) in [5.41, 5.74) is 7.55. The molecule has 106 valence electrons. The van der Waals surface area contributed by atoms with Gasteiger partial charge in [0.2, 0.25) is 5.75 Å². The largest absolute Gasteiger partial charge is 0.493 e. The van der Waals surface area contributed by atoms with Crippen LogP contribution in [-0.2, 0) is 13.2 Å². The van der Waals surface area contributed by atoms with E-state index in [0.29, 0.717) is 30.4 Å². The third-order valence-corrected chi connectivity index (χ3v) is 2.86. The monoisotopic (exact) mass is 274 g/mol. The minimum Gasteiger partial charge on any atom is -0.493 e. The Bertz CT molecular complexity index is 533. The molecule has 0 spiro atoms. The summed E-state index contributed by atoms with van der Waals surface area (Å²) in [5, 5.41) is 0. The molecular formula is C15H18N2O3. The maximum Gasteiger partial charge on any atom is 0.203 e. The van der Waals surface area contributed by atoms with Crippen molar-refractivity contribution in [2.24, 2.45) is 5.73 Å². The summed E-state index contributed by atoms with van der Waals surface area (Å²) in [6.07, 6.45) is 3.48. The van der Waals surface area contributed by atoms with Gasteiger partial charge in [0.25, 0.3) is 0 Å². The van der Waals surface area contributed by atoms with Crippen molar-refractivity contribution in [3.8, 4) is 17.2 Å². The van der Waals surface area contributed by atoms with Crippen LogP contribution in [0.15, 0.2) is 36.7 Å². The summed E-state index contributed by atoms with van der Waals surface area (Å²) in [6, 6.07) is 7.51. The molecule has 0 saturated heterocycles. The van der Waals surface area contributed by atoms with Gasteiger partial charge in [0.05, 0.1) is 14.2 Å². The van der Waals surface area contributed by atoms with Gasteiger partial charge >= 0.3 is 0 Å². The van der Waals surface area contributed by atoms with Gasteiger partial charge in [-0.05, 0) is 23.8 Å². The molecule has 0 radical (unpaired) electrons. The van der Waals surface area contributed by atoms with Crippen LogP contribution in [0.5, 0.6) is 17.2 Å². The number of nitrogens with zero attached hydrogens (tertiary/aromatic N) is 1.